The molecule has 0 aliphatic rings. The standard InChI is InChI=1S/C18H19N3O2/c1-3-21-16-8-6-5-7-15(16)20-18(21)19-12-13-9-10-14(23-4-2)11-17(13)22/h5-12,22H,3-4H2,1-2H3/b19-12+. The molecule has 0 fully saturated rings. The van der Waals surface area contributed by atoms with E-state index < -0.39 is 0 Å². The van der Waals surface area contributed by atoms with Gasteiger partial charge in [0.05, 0.1) is 17.6 Å². The lowest BCUT2D eigenvalue weighted by Crippen LogP contribution is -1.94. The van der Waals surface area contributed by atoms with E-state index in [9.17, 15) is 5.11 Å². The number of phenols is 1. The first-order chi connectivity index (χ1) is 11.2. The van der Waals surface area contributed by atoms with Crippen molar-refractivity contribution in [2.45, 2.75) is 20.4 Å². The highest BCUT2D eigenvalue weighted by Gasteiger charge is 2.08. The smallest absolute Gasteiger partial charge is 0.230 e. The molecule has 0 spiro atoms. The van der Waals surface area contributed by atoms with E-state index in [1.807, 2.05) is 41.8 Å². The monoisotopic (exact) mass is 309 g/mol. The van der Waals surface area contributed by atoms with Crippen LogP contribution >= 0.6 is 0 Å². The zero-order valence-electron chi connectivity index (χ0n) is 13.2. The molecule has 0 aliphatic carbocycles. The van der Waals surface area contributed by atoms with Crippen LogP contribution in [0.2, 0.25) is 0 Å². The minimum absolute atomic E-state index is 0.138. The molecule has 0 saturated carbocycles. The summed E-state index contributed by atoms with van der Waals surface area (Å²) in [6, 6.07) is 13.1. The van der Waals surface area contributed by atoms with Gasteiger partial charge in [-0.1, -0.05) is 12.1 Å². The average Bonchev–Trinajstić information content (AvgIpc) is 2.92. The number of hydrogen-bond acceptors (Lipinski definition) is 4. The highest BCUT2D eigenvalue weighted by atomic mass is 16.5. The number of aliphatic imine (C=N–C) groups is 1. The molecular formula is C18H19N3O2. The Bertz CT molecular complexity index is 853. The second kappa shape index (κ2) is 6.52. The summed E-state index contributed by atoms with van der Waals surface area (Å²) < 4.78 is 7.40. The average molecular weight is 309 g/mol. The van der Waals surface area contributed by atoms with Crippen LogP contribution in [0.15, 0.2) is 47.5 Å². The van der Waals surface area contributed by atoms with Crippen LogP contribution < -0.4 is 4.74 Å². The Hall–Kier alpha value is -2.82. The van der Waals surface area contributed by atoms with Crippen LogP contribution in [-0.4, -0.2) is 27.5 Å². The number of aromatic hydroxyl groups is 1. The Kier molecular flexibility index (Phi) is 4.28. The number of benzene rings is 2. The second-order valence-corrected chi connectivity index (χ2v) is 5.06. The molecule has 2 aromatic carbocycles. The van der Waals surface area contributed by atoms with Crippen molar-refractivity contribution in [3.63, 3.8) is 0 Å². The van der Waals surface area contributed by atoms with Gasteiger partial charge >= 0.3 is 0 Å². The van der Waals surface area contributed by atoms with Gasteiger partial charge in [-0.25, -0.2) is 9.98 Å². The molecular weight excluding hydrogens is 290 g/mol. The van der Waals surface area contributed by atoms with Crippen molar-refractivity contribution in [2.24, 2.45) is 4.99 Å². The summed E-state index contributed by atoms with van der Waals surface area (Å²) in [5, 5.41) is 10.1. The molecule has 0 aliphatic heterocycles. The van der Waals surface area contributed by atoms with Gasteiger partial charge in [0.1, 0.15) is 11.5 Å². The summed E-state index contributed by atoms with van der Waals surface area (Å²) in [7, 11) is 0. The summed E-state index contributed by atoms with van der Waals surface area (Å²) in [4.78, 5) is 8.98. The predicted molar refractivity (Wildman–Crippen MR) is 91.9 cm³/mol. The number of aromatic nitrogens is 2. The van der Waals surface area contributed by atoms with Crippen LogP contribution in [0.25, 0.3) is 11.0 Å². The minimum Gasteiger partial charge on any atom is -0.507 e. The summed E-state index contributed by atoms with van der Waals surface area (Å²) in [6.07, 6.45) is 1.62. The molecule has 0 unspecified atom stereocenters. The Morgan fingerprint density at radius 3 is 2.78 bits per heavy atom. The first-order valence-electron chi connectivity index (χ1n) is 7.68. The van der Waals surface area contributed by atoms with E-state index in [-0.39, 0.29) is 5.75 Å². The van der Waals surface area contributed by atoms with Gasteiger partial charge < -0.3 is 14.4 Å². The van der Waals surface area contributed by atoms with Gasteiger partial charge in [0.25, 0.3) is 0 Å². The SMILES string of the molecule is CCOc1ccc(/C=N/c2nc3ccccc3n2CC)c(O)c1. The number of nitrogens with zero attached hydrogens (tertiary/aromatic N) is 3. The van der Waals surface area contributed by atoms with Gasteiger partial charge in [-0.2, -0.15) is 0 Å². The van der Waals surface area contributed by atoms with E-state index in [1.54, 1.807) is 18.3 Å². The zero-order valence-corrected chi connectivity index (χ0v) is 13.2. The van der Waals surface area contributed by atoms with E-state index in [2.05, 4.69) is 16.9 Å². The molecule has 3 aromatic rings. The molecule has 1 N–H and O–H groups in total. The van der Waals surface area contributed by atoms with Crippen LogP contribution in [0.1, 0.15) is 19.4 Å². The Morgan fingerprint density at radius 2 is 2.04 bits per heavy atom. The van der Waals surface area contributed by atoms with Crippen LogP contribution in [0.4, 0.5) is 5.95 Å². The molecule has 0 atom stereocenters. The van der Waals surface area contributed by atoms with Crippen molar-refractivity contribution in [1.29, 1.82) is 0 Å². The maximum absolute atomic E-state index is 10.1. The molecule has 118 valence electrons. The van der Waals surface area contributed by atoms with E-state index in [4.69, 9.17) is 4.74 Å². The van der Waals surface area contributed by atoms with E-state index in [0.717, 1.165) is 17.6 Å². The molecule has 5 heteroatoms. The lowest BCUT2D eigenvalue weighted by molar-refractivity contribution is 0.337. The van der Waals surface area contributed by atoms with Crippen molar-refractivity contribution in [2.75, 3.05) is 6.61 Å². The van der Waals surface area contributed by atoms with Crippen LogP contribution in [0, 0.1) is 0 Å². The van der Waals surface area contributed by atoms with Crippen molar-refractivity contribution in [3.05, 3.63) is 48.0 Å². The molecule has 5 nitrogen and oxygen atoms in total. The van der Waals surface area contributed by atoms with E-state index in [1.165, 1.54) is 0 Å². The number of imidazole rings is 1. The lowest BCUT2D eigenvalue weighted by atomic mass is 10.2. The number of ether oxygens (including phenoxy) is 1. The lowest BCUT2D eigenvalue weighted by Gasteiger charge is -2.05. The Balaban J connectivity index is 1.94. The van der Waals surface area contributed by atoms with Crippen molar-refractivity contribution in [1.82, 2.24) is 9.55 Å². The van der Waals surface area contributed by atoms with Gasteiger partial charge in [0.15, 0.2) is 0 Å². The predicted octanol–water partition coefficient (Wildman–Crippen LogP) is 3.91. The summed E-state index contributed by atoms with van der Waals surface area (Å²) in [5.74, 6) is 1.41. The first kappa shape index (κ1) is 15.1. The minimum atomic E-state index is 0.138. The number of hydrogen-bond donors (Lipinski definition) is 1. The van der Waals surface area contributed by atoms with Gasteiger partial charge in [0, 0.05) is 24.4 Å². The number of rotatable bonds is 5. The van der Waals surface area contributed by atoms with Crippen molar-refractivity contribution >= 4 is 23.2 Å². The molecule has 3 rings (SSSR count). The van der Waals surface area contributed by atoms with Crippen LogP contribution in [0.3, 0.4) is 0 Å². The third kappa shape index (κ3) is 3.04. The number of para-hydroxylation sites is 2. The maximum Gasteiger partial charge on any atom is 0.230 e. The normalized spacial score (nSPS) is 11.4. The molecule has 1 aromatic heterocycles. The van der Waals surface area contributed by atoms with E-state index in [0.29, 0.717) is 23.9 Å². The van der Waals surface area contributed by atoms with Crippen molar-refractivity contribution in [3.8, 4) is 11.5 Å². The molecule has 1 heterocycles. The highest BCUT2D eigenvalue weighted by Crippen LogP contribution is 2.24. The van der Waals surface area contributed by atoms with Gasteiger partial charge in [-0.15, -0.1) is 0 Å². The summed E-state index contributed by atoms with van der Waals surface area (Å²) in [6.45, 7) is 5.30. The van der Waals surface area contributed by atoms with E-state index >= 15 is 0 Å². The molecule has 0 amide bonds. The largest absolute Gasteiger partial charge is 0.507 e. The van der Waals surface area contributed by atoms with Gasteiger partial charge in [0.2, 0.25) is 5.95 Å². The number of fused-ring (bicyclic) bond motifs is 1. The summed E-state index contributed by atoms with van der Waals surface area (Å²) in [5.41, 5.74) is 2.60. The third-order valence-corrected chi connectivity index (χ3v) is 3.58. The fourth-order valence-corrected chi connectivity index (χ4v) is 2.49. The Labute approximate surface area is 134 Å². The topological polar surface area (TPSA) is 59.6 Å². The fraction of sp³-hybridized carbons (Fsp3) is 0.222. The highest BCUT2D eigenvalue weighted by molar-refractivity contribution is 5.86. The third-order valence-electron chi connectivity index (χ3n) is 3.58. The van der Waals surface area contributed by atoms with Crippen LogP contribution in [-0.2, 0) is 6.54 Å². The van der Waals surface area contributed by atoms with Gasteiger partial charge in [-0.05, 0) is 38.1 Å². The molecule has 0 radical (unpaired) electrons. The first-order valence-corrected chi connectivity index (χ1v) is 7.68. The Morgan fingerprint density at radius 1 is 1.22 bits per heavy atom. The van der Waals surface area contributed by atoms with Crippen LogP contribution in [0.5, 0.6) is 11.5 Å². The quantitative estimate of drug-likeness (QED) is 0.727. The summed E-state index contributed by atoms with van der Waals surface area (Å²) >= 11 is 0. The molecule has 0 bridgehead atoms. The zero-order chi connectivity index (χ0) is 16.2. The second-order valence-electron chi connectivity index (χ2n) is 5.06. The molecule has 0 saturated heterocycles. The molecule has 23 heavy (non-hydrogen) atoms. The number of aryl methyl sites for hydroxylation is 1. The van der Waals surface area contributed by atoms with Gasteiger partial charge in [-0.3, -0.25) is 0 Å². The fourth-order valence-electron chi connectivity index (χ4n) is 2.49. The number of phenolic OH excluding ortho intramolecular Hbond substituents is 1. The maximum atomic E-state index is 10.1. The van der Waals surface area contributed by atoms with Crippen molar-refractivity contribution < 1.29 is 9.84 Å².